The van der Waals surface area contributed by atoms with Crippen molar-refractivity contribution in [2.24, 2.45) is 0 Å². The van der Waals surface area contributed by atoms with E-state index < -0.39 is 5.76 Å². The van der Waals surface area contributed by atoms with E-state index in [1.807, 2.05) is 30.3 Å². The average molecular weight is 529 g/mol. The molecule has 5 rings (SSSR count). The van der Waals surface area contributed by atoms with Crippen molar-refractivity contribution in [1.82, 2.24) is 15.3 Å². The van der Waals surface area contributed by atoms with Crippen molar-refractivity contribution < 1.29 is 13.8 Å². The Labute approximate surface area is 218 Å². The highest BCUT2D eigenvalue weighted by Gasteiger charge is 2.26. The number of nitrogens with one attached hydrogen (secondary N) is 1. The summed E-state index contributed by atoms with van der Waals surface area (Å²) in [5.41, 5.74) is 4.11. The maximum absolute atomic E-state index is 11.2. The third kappa shape index (κ3) is 5.07. The Morgan fingerprint density at radius 2 is 1.75 bits per heavy atom. The smallest absolute Gasteiger partial charge is 0.373 e. The molecular formula is C26H26Cl2N4O4. The molecule has 0 aliphatic carbocycles. The van der Waals surface area contributed by atoms with Gasteiger partial charge in [0.15, 0.2) is 5.82 Å². The Morgan fingerprint density at radius 1 is 1.06 bits per heavy atom. The van der Waals surface area contributed by atoms with Crippen LogP contribution >= 0.6 is 23.2 Å². The van der Waals surface area contributed by atoms with Crippen molar-refractivity contribution in [3.8, 4) is 22.6 Å². The van der Waals surface area contributed by atoms with E-state index in [0.29, 0.717) is 33.7 Å². The Kier molecular flexibility index (Phi) is 7.18. The lowest BCUT2D eigenvalue weighted by Gasteiger charge is -2.33. The minimum atomic E-state index is -0.565. The van der Waals surface area contributed by atoms with Gasteiger partial charge in [-0.25, -0.2) is 4.79 Å². The summed E-state index contributed by atoms with van der Waals surface area (Å²) in [6.45, 7) is 6.24. The Morgan fingerprint density at radius 3 is 2.36 bits per heavy atom. The normalized spacial score (nSPS) is 14.6. The second-order valence-electron chi connectivity index (χ2n) is 9.11. The summed E-state index contributed by atoms with van der Waals surface area (Å²) in [7, 11) is 0. The van der Waals surface area contributed by atoms with Gasteiger partial charge in [-0.15, -0.1) is 0 Å². The monoisotopic (exact) mass is 528 g/mol. The molecule has 1 N–H and O–H groups in total. The number of benzene rings is 2. The SMILES string of the molecule is CC(C)c1onc(-c2c(Cl)cccc2Cl)c1COC1CCN(c2ccc(-c3noc(=O)[nH]3)cc2)CC1. The Balaban J connectivity index is 1.24. The zero-order valence-corrected chi connectivity index (χ0v) is 21.5. The molecule has 0 saturated carbocycles. The molecule has 0 atom stereocenters. The summed E-state index contributed by atoms with van der Waals surface area (Å²) < 4.78 is 16.6. The largest absolute Gasteiger partial charge is 0.439 e. The lowest BCUT2D eigenvalue weighted by molar-refractivity contribution is 0.0245. The van der Waals surface area contributed by atoms with Gasteiger partial charge in [0.2, 0.25) is 0 Å². The summed E-state index contributed by atoms with van der Waals surface area (Å²) in [5.74, 6) is 0.786. The minimum Gasteiger partial charge on any atom is -0.373 e. The van der Waals surface area contributed by atoms with E-state index in [0.717, 1.165) is 48.5 Å². The van der Waals surface area contributed by atoms with Gasteiger partial charge >= 0.3 is 5.76 Å². The van der Waals surface area contributed by atoms with Gasteiger partial charge in [-0.3, -0.25) is 9.51 Å². The van der Waals surface area contributed by atoms with Crippen LogP contribution in [0.3, 0.4) is 0 Å². The maximum Gasteiger partial charge on any atom is 0.439 e. The highest BCUT2D eigenvalue weighted by Crippen LogP contribution is 2.39. The molecule has 2 aromatic heterocycles. The first-order valence-corrected chi connectivity index (χ1v) is 12.6. The second-order valence-corrected chi connectivity index (χ2v) is 9.93. The van der Waals surface area contributed by atoms with Crippen LogP contribution in [0, 0.1) is 0 Å². The topological polar surface area (TPSA) is 97.4 Å². The van der Waals surface area contributed by atoms with Gasteiger partial charge in [0.25, 0.3) is 0 Å². The quantitative estimate of drug-likeness (QED) is 0.300. The van der Waals surface area contributed by atoms with Gasteiger partial charge in [-0.2, -0.15) is 0 Å². The van der Waals surface area contributed by atoms with Crippen LogP contribution in [0.2, 0.25) is 10.0 Å². The van der Waals surface area contributed by atoms with Crippen LogP contribution < -0.4 is 10.7 Å². The standard InChI is InChI=1S/C26H26Cl2N4O4/c1-15(2)24-19(23(30-35-24)22-20(27)4-3-5-21(22)28)14-34-18-10-12-32(13-11-18)17-8-6-16(7-9-17)25-29-26(33)36-31-25/h3-9,15,18H,10-14H2,1-2H3,(H,29,31,33). The third-order valence-corrected chi connectivity index (χ3v) is 7.02. The van der Waals surface area contributed by atoms with Gasteiger partial charge in [0, 0.05) is 41.4 Å². The van der Waals surface area contributed by atoms with Crippen LogP contribution in [0.15, 0.2) is 56.3 Å². The molecule has 0 spiro atoms. The number of hydrogen-bond acceptors (Lipinski definition) is 7. The van der Waals surface area contributed by atoms with Gasteiger partial charge in [0.05, 0.1) is 22.8 Å². The summed E-state index contributed by atoms with van der Waals surface area (Å²) >= 11 is 12.9. The molecule has 1 aliphatic rings. The number of halogens is 2. The summed E-state index contributed by atoms with van der Waals surface area (Å²) in [6, 6.07) is 13.3. The zero-order valence-electron chi connectivity index (χ0n) is 20.0. The molecule has 3 heterocycles. The molecule has 2 aromatic carbocycles. The first-order chi connectivity index (χ1) is 17.4. The molecule has 0 radical (unpaired) electrons. The van der Waals surface area contributed by atoms with Crippen LogP contribution in [-0.4, -0.2) is 34.5 Å². The lowest BCUT2D eigenvalue weighted by atomic mass is 10.0. The Hall–Kier alpha value is -3.07. The van der Waals surface area contributed by atoms with Crippen molar-refractivity contribution in [3.63, 3.8) is 0 Å². The number of rotatable bonds is 7. The van der Waals surface area contributed by atoms with E-state index in [1.54, 1.807) is 12.1 Å². The fourth-order valence-electron chi connectivity index (χ4n) is 4.50. The van der Waals surface area contributed by atoms with E-state index in [-0.39, 0.29) is 12.0 Å². The molecule has 36 heavy (non-hydrogen) atoms. The Bertz CT molecular complexity index is 1370. The number of hydrogen-bond donors (Lipinski definition) is 1. The van der Waals surface area contributed by atoms with Crippen LogP contribution in [-0.2, 0) is 11.3 Å². The highest BCUT2D eigenvalue weighted by molar-refractivity contribution is 6.39. The summed E-state index contributed by atoms with van der Waals surface area (Å²) in [4.78, 5) is 16.1. The number of nitrogens with zero attached hydrogens (tertiary/aromatic N) is 3. The minimum absolute atomic E-state index is 0.116. The molecule has 0 unspecified atom stereocenters. The number of H-pyrrole nitrogens is 1. The van der Waals surface area contributed by atoms with Crippen LogP contribution in [0.25, 0.3) is 22.6 Å². The summed E-state index contributed by atoms with van der Waals surface area (Å²) in [5, 5.41) is 9.10. The van der Waals surface area contributed by atoms with Gasteiger partial charge in [-0.1, -0.05) is 53.4 Å². The highest BCUT2D eigenvalue weighted by atomic mass is 35.5. The number of anilines is 1. The molecule has 8 nitrogen and oxygen atoms in total. The lowest BCUT2D eigenvalue weighted by Crippen LogP contribution is -2.37. The number of aromatic amines is 1. The van der Waals surface area contributed by atoms with Crippen LogP contribution in [0.1, 0.15) is 43.9 Å². The fraction of sp³-hybridized carbons (Fsp3) is 0.346. The number of piperidine rings is 1. The van der Waals surface area contributed by atoms with E-state index in [9.17, 15) is 4.79 Å². The van der Waals surface area contributed by atoms with Gasteiger partial charge in [0.1, 0.15) is 11.5 Å². The first kappa shape index (κ1) is 24.6. The molecule has 188 valence electrons. The molecule has 0 bridgehead atoms. The van der Waals surface area contributed by atoms with E-state index in [4.69, 9.17) is 32.5 Å². The molecule has 10 heteroatoms. The van der Waals surface area contributed by atoms with E-state index in [1.165, 1.54) is 0 Å². The number of aromatic nitrogens is 3. The van der Waals surface area contributed by atoms with Crippen molar-refractivity contribution in [2.45, 2.75) is 45.3 Å². The van der Waals surface area contributed by atoms with Gasteiger partial charge in [-0.05, 0) is 49.2 Å². The average Bonchev–Trinajstić information content (AvgIpc) is 3.50. The summed E-state index contributed by atoms with van der Waals surface area (Å²) in [6.07, 6.45) is 1.90. The van der Waals surface area contributed by atoms with Crippen molar-refractivity contribution in [3.05, 3.63) is 74.4 Å². The van der Waals surface area contributed by atoms with Crippen molar-refractivity contribution in [2.75, 3.05) is 18.0 Å². The fourth-order valence-corrected chi connectivity index (χ4v) is 5.08. The van der Waals surface area contributed by atoms with Gasteiger partial charge < -0.3 is 14.2 Å². The molecule has 1 fully saturated rings. The predicted molar refractivity (Wildman–Crippen MR) is 139 cm³/mol. The maximum atomic E-state index is 11.2. The van der Waals surface area contributed by atoms with Crippen LogP contribution in [0.5, 0.6) is 0 Å². The molecule has 0 amide bonds. The third-order valence-electron chi connectivity index (χ3n) is 6.39. The molecule has 1 saturated heterocycles. The zero-order chi connectivity index (χ0) is 25.2. The van der Waals surface area contributed by atoms with Crippen molar-refractivity contribution in [1.29, 1.82) is 0 Å². The second kappa shape index (κ2) is 10.5. The predicted octanol–water partition coefficient (Wildman–Crippen LogP) is 6.30. The van der Waals surface area contributed by atoms with E-state index >= 15 is 0 Å². The van der Waals surface area contributed by atoms with Crippen LogP contribution in [0.4, 0.5) is 5.69 Å². The molecular weight excluding hydrogens is 503 g/mol. The van der Waals surface area contributed by atoms with Crippen molar-refractivity contribution >= 4 is 28.9 Å². The molecule has 4 aromatic rings. The number of ether oxygens (including phenoxy) is 1. The van der Waals surface area contributed by atoms with E-state index in [2.05, 4.69) is 38.6 Å². The molecule has 1 aliphatic heterocycles. The first-order valence-electron chi connectivity index (χ1n) is 11.9.